The Labute approximate surface area is 141 Å². The van der Waals surface area contributed by atoms with Crippen LogP contribution in [-0.2, 0) is 22.9 Å². The van der Waals surface area contributed by atoms with Crippen molar-refractivity contribution in [1.29, 1.82) is 0 Å². The predicted octanol–water partition coefficient (Wildman–Crippen LogP) is -0.974. The normalized spacial score (nSPS) is 35.8. The van der Waals surface area contributed by atoms with E-state index in [9.17, 15) is 24.4 Å². The number of aromatic nitrogens is 2. The third-order valence-electron chi connectivity index (χ3n) is 3.91. The molecule has 0 aromatic carbocycles. The Balaban J connectivity index is 1.64. The fourth-order valence-electron chi connectivity index (χ4n) is 2.52. The second-order valence-electron chi connectivity index (χ2n) is 5.90. The molecule has 11 nitrogen and oxygen atoms in total. The van der Waals surface area contributed by atoms with E-state index in [0.717, 1.165) is 0 Å². The van der Waals surface area contributed by atoms with Crippen molar-refractivity contribution in [2.45, 2.75) is 37.9 Å². The molecule has 2 saturated heterocycles. The Morgan fingerprint density at radius 1 is 1.36 bits per heavy atom. The predicted molar refractivity (Wildman–Crippen MR) is 82.1 cm³/mol. The number of hydrogen-bond acceptors (Lipinski definition) is 9. The van der Waals surface area contributed by atoms with Crippen molar-refractivity contribution in [3.63, 3.8) is 0 Å². The van der Waals surface area contributed by atoms with Gasteiger partial charge < -0.3 is 14.9 Å². The zero-order chi connectivity index (χ0) is 18.2. The first-order chi connectivity index (χ1) is 11.8. The highest BCUT2D eigenvalue weighted by Crippen LogP contribution is 2.52. The van der Waals surface area contributed by atoms with Gasteiger partial charge in [-0.2, -0.15) is 0 Å². The van der Waals surface area contributed by atoms with Crippen LogP contribution in [0.2, 0.25) is 0 Å². The van der Waals surface area contributed by atoms with Crippen molar-refractivity contribution in [2.75, 3.05) is 19.8 Å². The van der Waals surface area contributed by atoms with E-state index in [2.05, 4.69) is 4.98 Å². The topological polar surface area (TPSA) is 149 Å². The molecule has 2 fully saturated rings. The highest BCUT2D eigenvalue weighted by Gasteiger charge is 2.40. The summed E-state index contributed by atoms with van der Waals surface area (Å²) < 4.78 is 33.7. The molecule has 0 radical (unpaired) electrons. The van der Waals surface area contributed by atoms with Gasteiger partial charge in [0.2, 0.25) is 0 Å². The summed E-state index contributed by atoms with van der Waals surface area (Å²) in [7, 11) is -3.81. The first-order valence-corrected chi connectivity index (χ1v) is 9.11. The van der Waals surface area contributed by atoms with Gasteiger partial charge in [-0.15, -0.1) is 0 Å². The summed E-state index contributed by atoms with van der Waals surface area (Å²) in [6.07, 6.45) is -2.09. The van der Waals surface area contributed by atoms with Gasteiger partial charge in [0.05, 0.1) is 25.9 Å². The van der Waals surface area contributed by atoms with Crippen molar-refractivity contribution in [3.05, 3.63) is 32.6 Å². The van der Waals surface area contributed by atoms with E-state index in [4.69, 9.17) is 18.3 Å². The van der Waals surface area contributed by atoms with Gasteiger partial charge in [-0.05, 0) is 6.92 Å². The number of aliphatic hydroxyl groups excluding tert-OH is 2. The van der Waals surface area contributed by atoms with Gasteiger partial charge in [-0.1, -0.05) is 0 Å². The Kier molecular flexibility index (Phi) is 5.26. The van der Waals surface area contributed by atoms with Crippen molar-refractivity contribution in [1.82, 2.24) is 9.55 Å². The van der Waals surface area contributed by atoms with Crippen LogP contribution in [-0.4, -0.2) is 57.9 Å². The van der Waals surface area contributed by atoms with Crippen LogP contribution in [0.25, 0.3) is 0 Å². The number of aliphatic hydroxyl groups is 2. The molecule has 0 bridgehead atoms. The van der Waals surface area contributed by atoms with Gasteiger partial charge in [-0.25, -0.2) is 9.36 Å². The van der Waals surface area contributed by atoms with E-state index in [0.29, 0.717) is 5.56 Å². The minimum absolute atomic E-state index is 0.0874. The molecule has 0 unspecified atom stereocenters. The lowest BCUT2D eigenvalue weighted by atomic mass is 10.2. The summed E-state index contributed by atoms with van der Waals surface area (Å²) >= 11 is 0. The van der Waals surface area contributed by atoms with Gasteiger partial charge in [-0.3, -0.25) is 27.9 Å². The number of aromatic amines is 1. The molecule has 1 aromatic heterocycles. The molecule has 1 aromatic rings. The van der Waals surface area contributed by atoms with Crippen LogP contribution in [0.4, 0.5) is 0 Å². The lowest BCUT2D eigenvalue weighted by Gasteiger charge is -2.26. The Morgan fingerprint density at radius 2 is 2.04 bits per heavy atom. The molecular formula is C13H19N2O9P. The number of nitrogens with zero attached hydrogens (tertiary/aromatic N) is 1. The molecule has 2 aliphatic rings. The molecule has 0 aliphatic carbocycles. The number of H-pyrrole nitrogens is 1. The van der Waals surface area contributed by atoms with E-state index in [-0.39, 0.29) is 26.2 Å². The van der Waals surface area contributed by atoms with E-state index in [1.165, 1.54) is 10.8 Å². The minimum atomic E-state index is -3.81. The lowest BCUT2D eigenvalue weighted by molar-refractivity contribution is -0.0599. The number of aryl methyl sites for hydroxylation is 1. The molecule has 0 amide bonds. The highest BCUT2D eigenvalue weighted by atomic mass is 31.2. The fraction of sp³-hybridized carbons (Fsp3) is 0.692. The second-order valence-corrected chi connectivity index (χ2v) is 7.57. The molecule has 0 saturated carbocycles. The van der Waals surface area contributed by atoms with Crippen molar-refractivity contribution in [3.8, 4) is 0 Å². The number of phosphoric ester groups is 1. The summed E-state index contributed by atoms with van der Waals surface area (Å²) in [6.45, 7) is 0.890. The summed E-state index contributed by atoms with van der Waals surface area (Å²) in [4.78, 5) is 25.5. The smallest absolute Gasteiger partial charge is 0.390 e. The monoisotopic (exact) mass is 378 g/mol. The summed E-state index contributed by atoms with van der Waals surface area (Å²) in [5, 5.41) is 19.3. The first kappa shape index (κ1) is 18.5. The molecule has 3 rings (SSSR count). The maximum absolute atomic E-state index is 12.1. The molecule has 25 heavy (non-hydrogen) atoms. The molecule has 140 valence electrons. The number of hydrogen-bond donors (Lipinski definition) is 3. The first-order valence-electron chi connectivity index (χ1n) is 7.65. The second kappa shape index (κ2) is 7.12. The van der Waals surface area contributed by atoms with E-state index in [1.807, 2.05) is 0 Å². The zero-order valence-electron chi connectivity index (χ0n) is 13.4. The SMILES string of the molecule is Cc1cn([C@H]2C[C@H](O)[C@@H](COP3(=O)OCC(O)CO3)O2)c(=O)[nH]c1=O. The van der Waals surface area contributed by atoms with Crippen molar-refractivity contribution >= 4 is 7.82 Å². The van der Waals surface area contributed by atoms with Crippen LogP contribution in [0.1, 0.15) is 18.2 Å². The van der Waals surface area contributed by atoms with Crippen molar-refractivity contribution < 1.29 is 33.1 Å². The third kappa shape index (κ3) is 4.09. The Morgan fingerprint density at radius 3 is 2.72 bits per heavy atom. The van der Waals surface area contributed by atoms with Crippen LogP contribution in [0.15, 0.2) is 15.8 Å². The lowest BCUT2D eigenvalue weighted by Crippen LogP contribution is -2.33. The quantitative estimate of drug-likeness (QED) is 0.562. The third-order valence-corrected chi connectivity index (χ3v) is 5.30. The molecule has 12 heteroatoms. The molecule has 3 heterocycles. The summed E-state index contributed by atoms with van der Waals surface area (Å²) in [5.41, 5.74) is -0.828. The zero-order valence-corrected chi connectivity index (χ0v) is 14.3. The maximum atomic E-state index is 12.1. The van der Waals surface area contributed by atoms with E-state index >= 15 is 0 Å². The highest BCUT2D eigenvalue weighted by molar-refractivity contribution is 7.48. The summed E-state index contributed by atoms with van der Waals surface area (Å²) in [6, 6.07) is 0. The van der Waals surface area contributed by atoms with E-state index in [1.54, 1.807) is 6.92 Å². The molecular weight excluding hydrogens is 359 g/mol. The van der Waals surface area contributed by atoms with Gasteiger partial charge >= 0.3 is 13.5 Å². The van der Waals surface area contributed by atoms with Gasteiger partial charge in [0.1, 0.15) is 18.4 Å². The van der Waals surface area contributed by atoms with Gasteiger partial charge in [0, 0.05) is 18.2 Å². The van der Waals surface area contributed by atoms with Crippen LogP contribution in [0.3, 0.4) is 0 Å². The average Bonchev–Trinajstić information content (AvgIpc) is 2.93. The number of rotatable bonds is 4. The largest absolute Gasteiger partial charge is 0.475 e. The maximum Gasteiger partial charge on any atom is 0.475 e. The average molecular weight is 378 g/mol. The van der Waals surface area contributed by atoms with E-state index < -0.39 is 43.6 Å². The van der Waals surface area contributed by atoms with Gasteiger partial charge in [0.15, 0.2) is 0 Å². The fourth-order valence-corrected chi connectivity index (χ4v) is 3.78. The Hall–Kier alpha value is -1.33. The van der Waals surface area contributed by atoms with Crippen LogP contribution in [0, 0.1) is 6.92 Å². The number of phosphoric acid groups is 1. The Bertz CT molecular complexity index is 778. The number of nitrogens with one attached hydrogen (secondary N) is 1. The minimum Gasteiger partial charge on any atom is -0.390 e. The van der Waals surface area contributed by atoms with Crippen LogP contribution < -0.4 is 11.2 Å². The van der Waals surface area contributed by atoms with Gasteiger partial charge in [0.25, 0.3) is 5.56 Å². The van der Waals surface area contributed by atoms with Crippen LogP contribution >= 0.6 is 7.82 Å². The molecule has 3 N–H and O–H groups in total. The molecule has 3 atom stereocenters. The molecule has 2 aliphatic heterocycles. The summed E-state index contributed by atoms with van der Waals surface area (Å²) in [5.74, 6) is 0. The standard InChI is InChI=1S/C13H19N2O9P/c1-7-3-15(13(19)14-12(7)18)11-2-9(17)10(24-11)6-23-25(20)21-4-8(16)5-22-25/h3,8-11,16-17H,2,4-6H2,1H3,(H,14,18,19)/t8?,9-,10+,11+,25?/m0/s1. The van der Waals surface area contributed by atoms with Crippen molar-refractivity contribution in [2.24, 2.45) is 0 Å². The number of ether oxygens (including phenoxy) is 1. The van der Waals surface area contributed by atoms with Crippen LogP contribution in [0.5, 0.6) is 0 Å². The molecule has 0 spiro atoms.